The number of carbonyl (C=O) groups excluding carboxylic acids is 1. The molecule has 0 aliphatic heterocycles. The monoisotopic (exact) mass is 160 g/mol. The predicted octanol–water partition coefficient (Wildman–Crippen LogP) is -0.794. The summed E-state index contributed by atoms with van der Waals surface area (Å²) < 4.78 is 0. The van der Waals surface area contributed by atoms with Gasteiger partial charge in [-0.05, 0) is 12.3 Å². The molecule has 0 saturated carbocycles. The van der Waals surface area contributed by atoms with Crippen LogP contribution in [-0.4, -0.2) is 23.2 Å². The molecule has 0 aliphatic carbocycles. The third kappa shape index (κ3) is 3.95. The van der Waals surface area contributed by atoms with Crippen LogP contribution in [-0.2, 0) is 4.79 Å². The normalized spacial score (nSPS) is 16.5. The Hall–Kier alpha value is -0.610. The van der Waals surface area contributed by atoms with Crippen molar-refractivity contribution in [2.75, 3.05) is 0 Å². The van der Waals surface area contributed by atoms with Gasteiger partial charge < -0.3 is 16.6 Å². The molecule has 0 aliphatic rings. The molecule has 4 heteroatoms. The van der Waals surface area contributed by atoms with Crippen LogP contribution in [0.3, 0.4) is 0 Å². The van der Waals surface area contributed by atoms with Gasteiger partial charge in [-0.15, -0.1) is 0 Å². The summed E-state index contributed by atoms with van der Waals surface area (Å²) in [6, 6.07) is -0.535. The zero-order valence-corrected chi connectivity index (χ0v) is 6.95. The van der Waals surface area contributed by atoms with E-state index >= 15 is 0 Å². The largest absolute Gasteiger partial charge is 0.382 e. The maximum Gasteiger partial charge on any atom is 0.247 e. The van der Waals surface area contributed by atoms with E-state index in [9.17, 15) is 4.79 Å². The van der Waals surface area contributed by atoms with E-state index in [2.05, 4.69) is 0 Å². The quantitative estimate of drug-likeness (QED) is 0.503. The van der Waals surface area contributed by atoms with Gasteiger partial charge in [-0.3, -0.25) is 4.79 Å². The third-order valence-corrected chi connectivity index (χ3v) is 1.44. The Balaban J connectivity index is 3.82. The first-order valence-corrected chi connectivity index (χ1v) is 3.68. The molecule has 5 N–H and O–H groups in total. The Morgan fingerprint density at radius 3 is 2.27 bits per heavy atom. The standard InChI is InChI=1S/C7H16N2O2/c1-4(2)3-5(8)6(10)7(9)11/h4-6,10H,3,8H2,1-2H3,(H2,9,11)/t5-,6?/m0/s1. The number of aliphatic hydroxyl groups is 1. The highest BCUT2D eigenvalue weighted by Crippen LogP contribution is 2.05. The maximum atomic E-state index is 10.4. The molecule has 0 aromatic heterocycles. The number of carbonyl (C=O) groups is 1. The van der Waals surface area contributed by atoms with Gasteiger partial charge in [0.25, 0.3) is 0 Å². The van der Waals surface area contributed by atoms with Crippen molar-refractivity contribution in [3.63, 3.8) is 0 Å². The molecule has 0 bridgehead atoms. The summed E-state index contributed by atoms with van der Waals surface area (Å²) in [4.78, 5) is 10.4. The van der Waals surface area contributed by atoms with Gasteiger partial charge in [0.05, 0.1) is 0 Å². The lowest BCUT2D eigenvalue weighted by molar-refractivity contribution is -0.127. The van der Waals surface area contributed by atoms with E-state index in [0.717, 1.165) is 0 Å². The summed E-state index contributed by atoms with van der Waals surface area (Å²) in [7, 11) is 0. The summed E-state index contributed by atoms with van der Waals surface area (Å²) in [6.07, 6.45) is -0.609. The molecule has 1 unspecified atom stereocenters. The van der Waals surface area contributed by atoms with E-state index in [1.54, 1.807) is 0 Å². The lowest BCUT2D eigenvalue weighted by atomic mass is 10.00. The maximum absolute atomic E-state index is 10.4. The molecule has 0 spiro atoms. The summed E-state index contributed by atoms with van der Waals surface area (Å²) in [6.45, 7) is 3.93. The van der Waals surface area contributed by atoms with Crippen molar-refractivity contribution in [1.82, 2.24) is 0 Å². The highest BCUT2D eigenvalue weighted by atomic mass is 16.3. The summed E-state index contributed by atoms with van der Waals surface area (Å²) >= 11 is 0. The second kappa shape index (κ2) is 4.31. The first-order valence-electron chi connectivity index (χ1n) is 3.68. The lowest BCUT2D eigenvalue weighted by Gasteiger charge is -2.17. The summed E-state index contributed by atoms with van der Waals surface area (Å²) in [5, 5.41) is 9.04. The zero-order valence-electron chi connectivity index (χ0n) is 6.95. The van der Waals surface area contributed by atoms with Crippen LogP contribution < -0.4 is 11.5 Å². The van der Waals surface area contributed by atoms with Gasteiger partial charge in [-0.25, -0.2) is 0 Å². The number of rotatable bonds is 4. The molecule has 0 aromatic carbocycles. The first kappa shape index (κ1) is 10.4. The van der Waals surface area contributed by atoms with E-state index in [4.69, 9.17) is 16.6 Å². The number of nitrogens with two attached hydrogens (primary N) is 2. The molecule has 1 amide bonds. The fraction of sp³-hybridized carbons (Fsp3) is 0.857. The number of hydrogen-bond acceptors (Lipinski definition) is 3. The molecule has 0 heterocycles. The smallest absolute Gasteiger partial charge is 0.247 e. The molecule has 0 radical (unpaired) electrons. The molecule has 4 nitrogen and oxygen atoms in total. The number of aliphatic hydroxyl groups excluding tert-OH is 1. The number of amides is 1. The van der Waals surface area contributed by atoms with Gasteiger partial charge in [0.2, 0.25) is 5.91 Å². The minimum absolute atomic E-state index is 0.360. The highest BCUT2D eigenvalue weighted by Gasteiger charge is 2.20. The molecule has 11 heavy (non-hydrogen) atoms. The number of primary amides is 1. The van der Waals surface area contributed by atoms with Gasteiger partial charge in [-0.1, -0.05) is 13.8 Å². The summed E-state index contributed by atoms with van der Waals surface area (Å²) in [5.41, 5.74) is 10.3. The Bertz CT molecular complexity index is 136. The van der Waals surface area contributed by atoms with Gasteiger partial charge in [0, 0.05) is 6.04 Å². The number of hydrogen-bond donors (Lipinski definition) is 3. The average molecular weight is 160 g/mol. The Morgan fingerprint density at radius 2 is 2.00 bits per heavy atom. The van der Waals surface area contributed by atoms with Gasteiger partial charge >= 0.3 is 0 Å². The third-order valence-electron chi connectivity index (χ3n) is 1.44. The fourth-order valence-corrected chi connectivity index (χ4v) is 0.884. The second-order valence-corrected chi connectivity index (χ2v) is 3.14. The topological polar surface area (TPSA) is 89.3 Å². The zero-order chi connectivity index (χ0) is 9.02. The van der Waals surface area contributed by atoms with Crippen LogP contribution >= 0.6 is 0 Å². The van der Waals surface area contributed by atoms with E-state index in [-0.39, 0.29) is 0 Å². The van der Waals surface area contributed by atoms with Crippen molar-refractivity contribution in [3.05, 3.63) is 0 Å². The first-order chi connectivity index (χ1) is 4.95. The van der Waals surface area contributed by atoms with Crippen molar-refractivity contribution in [3.8, 4) is 0 Å². The highest BCUT2D eigenvalue weighted by molar-refractivity contribution is 5.79. The Labute approximate surface area is 66.6 Å². The fourth-order valence-electron chi connectivity index (χ4n) is 0.884. The van der Waals surface area contributed by atoms with Crippen molar-refractivity contribution in [1.29, 1.82) is 0 Å². The van der Waals surface area contributed by atoms with Crippen LogP contribution in [0.25, 0.3) is 0 Å². The molecule has 0 rings (SSSR count). The Kier molecular flexibility index (Phi) is 4.07. The van der Waals surface area contributed by atoms with Crippen molar-refractivity contribution >= 4 is 5.91 Å². The minimum atomic E-state index is -1.21. The van der Waals surface area contributed by atoms with Crippen LogP contribution in [0.4, 0.5) is 0 Å². The molecule has 0 fully saturated rings. The molecule has 2 atom stereocenters. The van der Waals surface area contributed by atoms with Crippen LogP contribution in [0.1, 0.15) is 20.3 Å². The SMILES string of the molecule is CC(C)C[C@H](N)C(O)C(N)=O. The van der Waals surface area contributed by atoms with E-state index in [1.165, 1.54) is 0 Å². The van der Waals surface area contributed by atoms with Crippen LogP contribution in [0.15, 0.2) is 0 Å². The van der Waals surface area contributed by atoms with E-state index in [0.29, 0.717) is 12.3 Å². The van der Waals surface area contributed by atoms with Crippen LogP contribution in [0, 0.1) is 5.92 Å². The molecular weight excluding hydrogens is 144 g/mol. The van der Waals surface area contributed by atoms with E-state index in [1.807, 2.05) is 13.8 Å². The van der Waals surface area contributed by atoms with Gasteiger partial charge in [0.15, 0.2) is 0 Å². The van der Waals surface area contributed by atoms with Gasteiger partial charge in [-0.2, -0.15) is 0 Å². The van der Waals surface area contributed by atoms with E-state index < -0.39 is 18.1 Å². The van der Waals surface area contributed by atoms with Crippen LogP contribution in [0.2, 0.25) is 0 Å². The molecule has 0 aromatic rings. The molecular formula is C7H16N2O2. The summed E-state index contributed by atoms with van der Waals surface area (Å²) in [5.74, 6) is -0.392. The second-order valence-electron chi connectivity index (χ2n) is 3.14. The Morgan fingerprint density at radius 1 is 1.55 bits per heavy atom. The predicted molar refractivity (Wildman–Crippen MR) is 42.6 cm³/mol. The minimum Gasteiger partial charge on any atom is -0.382 e. The van der Waals surface area contributed by atoms with Crippen molar-refractivity contribution < 1.29 is 9.90 Å². The molecule has 66 valence electrons. The van der Waals surface area contributed by atoms with Crippen molar-refractivity contribution in [2.24, 2.45) is 17.4 Å². The van der Waals surface area contributed by atoms with Gasteiger partial charge in [0.1, 0.15) is 6.10 Å². The van der Waals surface area contributed by atoms with Crippen LogP contribution in [0.5, 0.6) is 0 Å². The average Bonchev–Trinajstić information content (AvgIpc) is 1.84. The van der Waals surface area contributed by atoms with Crippen molar-refractivity contribution in [2.45, 2.75) is 32.4 Å². The molecule has 0 saturated heterocycles. The lowest BCUT2D eigenvalue weighted by Crippen LogP contribution is -2.44.